The van der Waals surface area contributed by atoms with Crippen molar-refractivity contribution in [1.29, 1.82) is 0 Å². The molecule has 0 aromatic carbocycles. The first-order chi connectivity index (χ1) is 7.70. The van der Waals surface area contributed by atoms with Crippen LogP contribution >= 0.6 is 0 Å². The van der Waals surface area contributed by atoms with E-state index < -0.39 is 0 Å². The second kappa shape index (κ2) is 5.48. The van der Waals surface area contributed by atoms with Crippen LogP contribution in [-0.2, 0) is 4.74 Å². The van der Waals surface area contributed by atoms with Gasteiger partial charge in [-0.15, -0.1) is 0 Å². The average Bonchev–Trinajstić information content (AvgIpc) is 2.88. The Morgan fingerprint density at radius 1 is 1.44 bits per heavy atom. The fourth-order valence-electron chi connectivity index (χ4n) is 2.99. The molecule has 2 fully saturated rings. The maximum Gasteiger partial charge on any atom is 0.0509 e. The molecule has 1 saturated carbocycles. The van der Waals surface area contributed by atoms with Crippen LogP contribution in [0.1, 0.15) is 45.4 Å². The van der Waals surface area contributed by atoms with Crippen molar-refractivity contribution in [3.63, 3.8) is 0 Å². The van der Waals surface area contributed by atoms with E-state index in [1.807, 2.05) is 0 Å². The zero-order chi connectivity index (χ0) is 11.4. The van der Waals surface area contributed by atoms with Gasteiger partial charge in [-0.05, 0) is 45.1 Å². The van der Waals surface area contributed by atoms with Crippen LogP contribution in [0, 0.1) is 5.92 Å². The summed E-state index contributed by atoms with van der Waals surface area (Å²) in [5.74, 6) is 0.706. The molecular formula is C13H26N2O. The molecule has 1 heterocycles. The lowest BCUT2D eigenvalue weighted by atomic mass is 9.94. The Hall–Kier alpha value is -0.120. The molecule has 2 unspecified atom stereocenters. The van der Waals surface area contributed by atoms with Crippen molar-refractivity contribution in [2.45, 2.75) is 57.0 Å². The largest absolute Gasteiger partial charge is 0.381 e. The molecule has 1 aliphatic carbocycles. The van der Waals surface area contributed by atoms with Crippen LogP contribution in [0.4, 0.5) is 0 Å². The van der Waals surface area contributed by atoms with E-state index >= 15 is 0 Å². The van der Waals surface area contributed by atoms with Gasteiger partial charge in [0.1, 0.15) is 0 Å². The molecule has 0 bridgehead atoms. The third kappa shape index (κ3) is 3.19. The highest BCUT2D eigenvalue weighted by atomic mass is 16.5. The van der Waals surface area contributed by atoms with Crippen LogP contribution in [0.5, 0.6) is 0 Å². The Labute approximate surface area is 99.1 Å². The monoisotopic (exact) mass is 226 g/mol. The van der Waals surface area contributed by atoms with Gasteiger partial charge < -0.3 is 15.8 Å². The predicted octanol–water partition coefficient (Wildman–Crippen LogP) is 1.66. The lowest BCUT2D eigenvalue weighted by Crippen LogP contribution is -2.42. The predicted molar refractivity (Wildman–Crippen MR) is 66.4 cm³/mol. The molecule has 1 saturated heterocycles. The van der Waals surface area contributed by atoms with Crippen LogP contribution in [0.2, 0.25) is 0 Å². The summed E-state index contributed by atoms with van der Waals surface area (Å²) in [7, 11) is 0. The lowest BCUT2D eigenvalue weighted by molar-refractivity contribution is 0.178. The van der Waals surface area contributed by atoms with Crippen molar-refractivity contribution >= 4 is 0 Å². The van der Waals surface area contributed by atoms with Crippen molar-refractivity contribution < 1.29 is 4.74 Å². The summed E-state index contributed by atoms with van der Waals surface area (Å²) >= 11 is 0. The van der Waals surface area contributed by atoms with Gasteiger partial charge in [0.25, 0.3) is 0 Å². The van der Waals surface area contributed by atoms with Gasteiger partial charge in [0, 0.05) is 18.2 Å². The number of ether oxygens (including phenoxy) is 1. The molecule has 16 heavy (non-hydrogen) atoms. The molecule has 0 aromatic rings. The quantitative estimate of drug-likeness (QED) is 0.749. The van der Waals surface area contributed by atoms with Gasteiger partial charge in [0.2, 0.25) is 0 Å². The molecule has 2 aliphatic rings. The molecule has 2 atom stereocenters. The normalized spacial score (nSPS) is 30.8. The molecule has 2 rings (SSSR count). The molecule has 3 N–H and O–H groups in total. The second-order valence-corrected chi connectivity index (χ2v) is 5.69. The summed E-state index contributed by atoms with van der Waals surface area (Å²) in [6.45, 7) is 5.21. The number of nitrogens with two attached hydrogens (primary N) is 1. The van der Waals surface area contributed by atoms with Crippen LogP contribution in [-0.4, -0.2) is 31.3 Å². The van der Waals surface area contributed by atoms with E-state index in [0.29, 0.717) is 12.0 Å². The topological polar surface area (TPSA) is 47.3 Å². The summed E-state index contributed by atoms with van der Waals surface area (Å²) in [6.07, 6.45) is 7.42. The molecular weight excluding hydrogens is 200 g/mol. The van der Waals surface area contributed by atoms with Crippen molar-refractivity contribution in [2.24, 2.45) is 11.7 Å². The van der Waals surface area contributed by atoms with Crippen LogP contribution in [0.15, 0.2) is 0 Å². The summed E-state index contributed by atoms with van der Waals surface area (Å²) < 4.78 is 5.41. The fourth-order valence-corrected chi connectivity index (χ4v) is 2.99. The Bertz CT molecular complexity index is 208. The van der Waals surface area contributed by atoms with Crippen molar-refractivity contribution in [1.82, 2.24) is 5.32 Å². The highest BCUT2D eigenvalue weighted by Crippen LogP contribution is 2.29. The van der Waals surface area contributed by atoms with Gasteiger partial charge in [-0.3, -0.25) is 0 Å². The minimum absolute atomic E-state index is 0.138. The zero-order valence-electron chi connectivity index (χ0n) is 10.5. The van der Waals surface area contributed by atoms with Gasteiger partial charge in [-0.1, -0.05) is 12.8 Å². The van der Waals surface area contributed by atoms with Crippen molar-refractivity contribution in [3.05, 3.63) is 0 Å². The minimum atomic E-state index is 0.138. The third-order valence-electron chi connectivity index (χ3n) is 4.36. The second-order valence-electron chi connectivity index (χ2n) is 5.69. The highest BCUT2D eigenvalue weighted by Gasteiger charge is 2.29. The van der Waals surface area contributed by atoms with Gasteiger partial charge in [-0.2, -0.15) is 0 Å². The number of hydrogen-bond acceptors (Lipinski definition) is 3. The van der Waals surface area contributed by atoms with Gasteiger partial charge >= 0.3 is 0 Å². The Kier molecular flexibility index (Phi) is 4.22. The maximum atomic E-state index is 6.33. The fraction of sp³-hybridized carbons (Fsp3) is 1.00. The smallest absolute Gasteiger partial charge is 0.0509 e. The summed E-state index contributed by atoms with van der Waals surface area (Å²) in [6, 6.07) is 0.576. The molecule has 0 radical (unpaired) electrons. The molecule has 0 amide bonds. The van der Waals surface area contributed by atoms with Gasteiger partial charge in [-0.25, -0.2) is 0 Å². The van der Waals surface area contributed by atoms with E-state index in [2.05, 4.69) is 12.2 Å². The van der Waals surface area contributed by atoms with Crippen molar-refractivity contribution in [3.8, 4) is 0 Å². The Morgan fingerprint density at radius 3 is 2.81 bits per heavy atom. The summed E-state index contributed by atoms with van der Waals surface area (Å²) in [5, 5.41) is 3.62. The summed E-state index contributed by atoms with van der Waals surface area (Å²) in [4.78, 5) is 0. The van der Waals surface area contributed by atoms with Crippen molar-refractivity contribution in [2.75, 3.05) is 19.8 Å². The Morgan fingerprint density at radius 2 is 2.19 bits per heavy atom. The number of rotatable bonds is 5. The molecule has 1 aliphatic heterocycles. The van der Waals surface area contributed by atoms with E-state index in [0.717, 1.165) is 26.2 Å². The molecule has 3 nitrogen and oxygen atoms in total. The van der Waals surface area contributed by atoms with E-state index in [1.165, 1.54) is 32.1 Å². The first kappa shape index (κ1) is 12.3. The van der Waals surface area contributed by atoms with Crippen LogP contribution < -0.4 is 11.1 Å². The van der Waals surface area contributed by atoms with Gasteiger partial charge in [0.15, 0.2) is 0 Å². The molecule has 94 valence electrons. The maximum absolute atomic E-state index is 6.33. The highest BCUT2D eigenvalue weighted by molar-refractivity contribution is 4.90. The summed E-state index contributed by atoms with van der Waals surface area (Å²) in [5.41, 5.74) is 6.47. The number of nitrogens with one attached hydrogen (secondary N) is 1. The first-order valence-electron chi connectivity index (χ1n) is 6.80. The molecule has 0 spiro atoms. The average molecular weight is 226 g/mol. The van der Waals surface area contributed by atoms with E-state index in [9.17, 15) is 0 Å². The van der Waals surface area contributed by atoms with E-state index in [-0.39, 0.29) is 5.54 Å². The molecule has 0 aromatic heterocycles. The Balaban J connectivity index is 1.63. The van der Waals surface area contributed by atoms with Gasteiger partial charge in [0.05, 0.1) is 6.61 Å². The standard InChI is InChI=1S/C13H26N2O/c1-11(12-4-9-16-10-12)15-8-7-13(14)5-2-3-6-13/h11-12,15H,2-10,14H2,1H3. The minimum Gasteiger partial charge on any atom is -0.381 e. The van der Waals surface area contributed by atoms with E-state index in [4.69, 9.17) is 10.5 Å². The zero-order valence-corrected chi connectivity index (χ0v) is 10.5. The third-order valence-corrected chi connectivity index (χ3v) is 4.36. The van der Waals surface area contributed by atoms with Crippen LogP contribution in [0.3, 0.4) is 0 Å². The van der Waals surface area contributed by atoms with E-state index in [1.54, 1.807) is 0 Å². The SMILES string of the molecule is CC(NCCC1(N)CCCC1)C1CCOC1. The lowest BCUT2D eigenvalue weighted by Gasteiger charge is -2.26. The first-order valence-corrected chi connectivity index (χ1v) is 6.80. The van der Waals surface area contributed by atoms with Crippen LogP contribution in [0.25, 0.3) is 0 Å². The molecule has 3 heteroatoms. The number of hydrogen-bond donors (Lipinski definition) is 2.